The number of rotatable bonds is 3. The lowest BCUT2D eigenvalue weighted by molar-refractivity contribution is -0.157. The highest BCUT2D eigenvalue weighted by atomic mass is 19.4. The van der Waals surface area contributed by atoms with Crippen molar-refractivity contribution in [2.75, 3.05) is 0 Å². The van der Waals surface area contributed by atoms with Crippen molar-refractivity contribution in [1.82, 2.24) is 24.5 Å². The second-order valence-corrected chi connectivity index (χ2v) is 4.97. The van der Waals surface area contributed by atoms with Crippen molar-refractivity contribution in [1.29, 1.82) is 0 Å². The molecule has 1 unspecified atom stereocenters. The summed E-state index contributed by atoms with van der Waals surface area (Å²) in [6.45, 7) is -0.464. The molecular weight excluding hydrogens is 323 g/mol. The Kier molecular flexibility index (Phi) is 3.45. The predicted octanol–water partition coefficient (Wildman–Crippen LogP) is 0.457. The van der Waals surface area contributed by atoms with Gasteiger partial charge >= 0.3 is 23.7 Å². The number of carbonyl (C=O) groups is 1. The molecule has 3 rings (SSSR count). The summed E-state index contributed by atoms with van der Waals surface area (Å²) in [7, 11) is 0. The Morgan fingerprint density at radius 3 is 2.74 bits per heavy atom. The van der Waals surface area contributed by atoms with Crippen LogP contribution in [0.25, 0.3) is 0 Å². The average molecular weight is 333 g/mol. The van der Waals surface area contributed by atoms with Crippen LogP contribution in [-0.4, -0.2) is 35.6 Å². The molecule has 0 spiro atoms. The zero-order valence-electron chi connectivity index (χ0n) is 11.4. The van der Waals surface area contributed by atoms with Crippen LogP contribution in [0.4, 0.5) is 13.2 Å². The maximum absolute atomic E-state index is 12.4. The molecule has 0 bridgehead atoms. The van der Waals surface area contributed by atoms with Gasteiger partial charge in [0, 0.05) is 6.42 Å². The largest absolute Gasteiger partial charge is 0.480 e. The molecule has 2 aromatic heterocycles. The van der Waals surface area contributed by atoms with E-state index in [1.807, 2.05) is 0 Å². The van der Waals surface area contributed by atoms with Crippen molar-refractivity contribution < 1.29 is 27.5 Å². The molecule has 0 radical (unpaired) electrons. The number of carboxylic acid groups (broad SMARTS) is 1. The zero-order chi connectivity index (χ0) is 16.8. The van der Waals surface area contributed by atoms with Crippen molar-refractivity contribution >= 4 is 5.97 Å². The minimum absolute atomic E-state index is 0.268. The minimum atomic E-state index is -4.78. The summed E-state index contributed by atoms with van der Waals surface area (Å²) in [6.07, 6.45) is -3.54. The molecule has 1 atom stereocenters. The Morgan fingerprint density at radius 1 is 1.39 bits per heavy atom. The maximum Gasteiger partial charge on any atom is 0.470 e. The first-order valence-corrected chi connectivity index (χ1v) is 6.58. The molecule has 0 saturated carbocycles. The first-order valence-electron chi connectivity index (χ1n) is 6.58. The van der Waals surface area contributed by atoms with E-state index in [1.54, 1.807) is 0 Å². The molecule has 0 fully saturated rings. The summed E-state index contributed by atoms with van der Waals surface area (Å²) in [4.78, 5) is 23.4. The van der Waals surface area contributed by atoms with Crippen LogP contribution in [0.3, 0.4) is 0 Å². The van der Waals surface area contributed by atoms with Gasteiger partial charge in [0.25, 0.3) is 0 Å². The van der Waals surface area contributed by atoms with Crippen LogP contribution >= 0.6 is 0 Å². The van der Waals surface area contributed by atoms with Gasteiger partial charge in [0.1, 0.15) is 18.4 Å². The predicted molar refractivity (Wildman–Crippen MR) is 64.5 cm³/mol. The van der Waals surface area contributed by atoms with E-state index in [9.17, 15) is 22.8 Å². The van der Waals surface area contributed by atoms with Crippen molar-refractivity contribution in [3.8, 4) is 0 Å². The number of aryl methyl sites for hydroxylation is 1. The minimum Gasteiger partial charge on any atom is -0.480 e. The van der Waals surface area contributed by atoms with E-state index in [0.717, 1.165) is 9.25 Å². The van der Waals surface area contributed by atoms with E-state index in [1.165, 1.54) is 0 Å². The second-order valence-electron chi connectivity index (χ2n) is 4.97. The van der Waals surface area contributed by atoms with Gasteiger partial charge in [0.2, 0.25) is 5.89 Å². The van der Waals surface area contributed by atoms with Crippen molar-refractivity contribution in [2.45, 2.75) is 38.0 Å². The molecule has 124 valence electrons. The van der Waals surface area contributed by atoms with Gasteiger partial charge in [0.15, 0.2) is 0 Å². The summed E-state index contributed by atoms with van der Waals surface area (Å²) in [5, 5.41) is 19.2. The van der Waals surface area contributed by atoms with E-state index in [0.29, 0.717) is 12.8 Å². The van der Waals surface area contributed by atoms with E-state index in [4.69, 9.17) is 5.11 Å². The van der Waals surface area contributed by atoms with E-state index in [2.05, 4.69) is 19.7 Å². The molecule has 3 heterocycles. The van der Waals surface area contributed by atoms with Gasteiger partial charge < -0.3 is 9.52 Å². The lowest BCUT2D eigenvalue weighted by Gasteiger charge is -2.19. The molecule has 1 aliphatic rings. The van der Waals surface area contributed by atoms with Crippen LogP contribution in [-0.2, 0) is 23.9 Å². The van der Waals surface area contributed by atoms with Crippen LogP contribution in [0.15, 0.2) is 9.21 Å². The SMILES string of the molecule is O=C(O)C1CCCc2nn(Cc3nnc(C(F)(F)F)o3)c(=O)n21. The van der Waals surface area contributed by atoms with E-state index < -0.39 is 42.2 Å². The van der Waals surface area contributed by atoms with Crippen LogP contribution in [0.1, 0.15) is 36.5 Å². The highest BCUT2D eigenvalue weighted by Crippen LogP contribution is 2.27. The zero-order valence-corrected chi connectivity index (χ0v) is 11.4. The van der Waals surface area contributed by atoms with Gasteiger partial charge in [-0.15, -0.1) is 10.2 Å². The van der Waals surface area contributed by atoms with Crippen LogP contribution < -0.4 is 5.69 Å². The third-order valence-corrected chi connectivity index (χ3v) is 3.41. The number of aliphatic carboxylic acids is 1. The fourth-order valence-electron chi connectivity index (χ4n) is 2.43. The number of alkyl halides is 3. The lowest BCUT2D eigenvalue weighted by Crippen LogP contribution is -2.34. The van der Waals surface area contributed by atoms with Gasteiger partial charge in [-0.05, 0) is 12.8 Å². The lowest BCUT2D eigenvalue weighted by atomic mass is 10.1. The van der Waals surface area contributed by atoms with Crippen LogP contribution in [0.2, 0.25) is 0 Å². The topological polar surface area (TPSA) is 116 Å². The monoisotopic (exact) mass is 333 g/mol. The number of halogens is 3. The Balaban J connectivity index is 1.92. The number of carboxylic acids is 1. The fraction of sp³-hybridized carbons (Fsp3) is 0.545. The van der Waals surface area contributed by atoms with Crippen molar-refractivity contribution in [3.63, 3.8) is 0 Å². The van der Waals surface area contributed by atoms with Crippen molar-refractivity contribution in [3.05, 3.63) is 28.1 Å². The number of hydrogen-bond donors (Lipinski definition) is 1. The third-order valence-electron chi connectivity index (χ3n) is 3.41. The summed E-state index contributed by atoms with van der Waals surface area (Å²) in [5.41, 5.74) is -0.737. The third kappa shape index (κ3) is 2.71. The molecule has 1 N–H and O–H groups in total. The van der Waals surface area contributed by atoms with Gasteiger partial charge in [-0.3, -0.25) is 4.57 Å². The Labute approximate surface area is 125 Å². The van der Waals surface area contributed by atoms with Gasteiger partial charge in [-0.1, -0.05) is 0 Å². The Morgan fingerprint density at radius 2 is 2.13 bits per heavy atom. The smallest absolute Gasteiger partial charge is 0.470 e. The highest BCUT2D eigenvalue weighted by molar-refractivity contribution is 5.72. The Hall–Kier alpha value is -2.66. The average Bonchev–Trinajstić information content (AvgIpc) is 3.05. The summed E-state index contributed by atoms with van der Waals surface area (Å²) in [6, 6.07) is -1.03. The molecular formula is C11H10F3N5O4. The molecule has 0 amide bonds. The number of nitrogens with zero attached hydrogens (tertiary/aromatic N) is 5. The van der Waals surface area contributed by atoms with E-state index in [-0.39, 0.29) is 12.2 Å². The first kappa shape index (κ1) is 15.2. The molecule has 9 nitrogen and oxygen atoms in total. The summed E-state index contributed by atoms with van der Waals surface area (Å²) >= 11 is 0. The second kappa shape index (κ2) is 5.21. The van der Waals surface area contributed by atoms with Crippen molar-refractivity contribution in [2.24, 2.45) is 0 Å². The summed E-state index contributed by atoms with van der Waals surface area (Å²) in [5.74, 6) is -2.86. The molecule has 0 aliphatic carbocycles. The van der Waals surface area contributed by atoms with Crippen LogP contribution in [0.5, 0.6) is 0 Å². The number of fused-ring (bicyclic) bond motifs is 1. The van der Waals surface area contributed by atoms with E-state index >= 15 is 0 Å². The van der Waals surface area contributed by atoms with Gasteiger partial charge in [0.05, 0.1) is 0 Å². The normalized spacial score (nSPS) is 18.0. The fourth-order valence-corrected chi connectivity index (χ4v) is 2.43. The van der Waals surface area contributed by atoms with Gasteiger partial charge in [-0.25, -0.2) is 14.3 Å². The van der Waals surface area contributed by atoms with Gasteiger partial charge in [-0.2, -0.15) is 18.3 Å². The number of aromatic nitrogens is 5. The molecule has 23 heavy (non-hydrogen) atoms. The maximum atomic E-state index is 12.4. The quantitative estimate of drug-likeness (QED) is 0.867. The summed E-state index contributed by atoms with van der Waals surface area (Å²) < 4.78 is 43.5. The first-order chi connectivity index (χ1) is 10.8. The molecule has 1 aliphatic heterocycles. The molecule has 2 aromatic rings. The highest BCUT2D eigenvalue weighted by Gasteiger charge is 2.38. The molecule has 12 heteroatoms. The Bertz CT molecular complexity index is 805. The molecule has 0 aromatic carbocycles. The molecule has 0 saturated heterocycles. The van der Waals surface area contributed by atoms with Crippen LogP contribution in [0, 0.1) is 0 Å². The standard InChI is InChI=1S/C11H10F3N5O4/c12-11(13,14)9-16-15-7(23-9)4-18-10(22)19-5(8(20)21)2-1-3-6(19)17-18/h5H,1-4H2,(H,20,21). The number of hydrogen-bond acceptors (Lipinski definition) is 6.